The molecule has 0 bridgehead atoms. The number of halogens is 3. The number of benzene rings is 1. The first-order valence-electron chi connectivity index (χ1n) is 5.70. The Morgan fingerprint density at radius 3 is 2.55 bits per heavy atom. The standard InChI is InChI=1S/C13H11F3N2OS/c1-7-11(20-12(17-7)18-8(2)19)9-5-3-4-6-10(9)13(14,15)16/h3-6H,1-2H3,(H,17,18,19). The van der Waals surface area contributed by atoms with E-state index in [9.17, 15) is 18.0 Å². The number of amides is 1. The molecular formula is C13H11F3N2OS. The molecule has 1 amide bonds. The van der Waals surface area contributed by atoms with Gasteiger partial charge in [0, 0.05) is 12.5 Å². The van der Waals surface area contributed by atoms with E-state index in [2.05, 4.69) is 10.3 Å². The molecule has 0 aliphatic carbocycles. The highest BCUT2D eigenvalue weighted by Gasteiger charge is 2.34. The Kier molecular flexibility index (Phi) is 3.80. The van der Waals surface area contributed by atoms with Crippen LogP contribution in [0.5, 0.6) is 0 Å². The van der Waals surface area contributed by atoms with Gasteiger partial charge < -0.3 is 5.32 Å². The quantitative estimate of drug-likeness (QED) is 0.907. The van der Waals surface area contributed by atoms with Crippen LogP contribution in [0.1, 0.15) is 18.2 Å². The summed E-state index contributed by atoms with van der Waals surface area (Å²) in [4.78, 5) is 15.4. The van der Waals surface area contributed by atoms with Gasteiger partial charge in [-0.1, -0.05) is 29.5 Å². The van der Waals surface area contributed by atoms with Gasteiger partial charge in [0.25, 0.3) is 0 Å². The number of carbonyl (C=O) groups is 1. The fraction of sp³-hybridized carbons (Fsp3) is 0.231. The van der Waals surface area contributed by atoms with Gasteiger partial charge in [-0.2, -0.15) is 13.2 Å². The second kappa shape index (κ2) is 5.24. The SMILES string of the molecule is CC(=O)Nc1nc(C)c(-c2ccccc2C(F)(F)F)s1. The second-order valence-corrected chi connectivity index (χ2v) is 5.16. The molecule has 0 aliphatic heterocycles. The number of aromatic nitrogens is 1. The second-order valence-electron chi connectivity index (χ2n) is 4.16. The molecule has 1 heterocycles. The highest BCUT2D eigenvalue weighted by atomic mass is 32.1. The summed E-state index contributed by atoms with van der Waals surface area (Å²) in [6.07, 6.45) is -4.43. The minimum atomic E-state index is -4.43. The summed E-state index contributed by atoms with van der Waals surface area (Å²) in [5.74, 6) is -0.311. The maximum absolute atomic E-state index is 13.0. The summed E-state index contributed by atoms with van der Waals surface area (Å²) < 4.78 is 39.0. The molecule has 0 radical (unpaired) electrons. The van der Waals surface area contributed by atoms with Gasteiger partial charge in [-0.3, -0.25) is 4.79 Å². The Hall–Kier alpha value is -1.89. The Balaban J connectivity index is 2.52. The minimum Gasteiger partial charge on any atom is -0.302 e. The molecule has 2 rings (SSSR count). The fourth-order valence-corrected chi connectivity index (χ4v) is 2.83. The summed E-state index contributed by atoms with van der Waals surface area (Å²) in [5.41, 5.74) is -0.178. The van der Waals surface area contributed by atoms with Crippen LogP contribution >= 0.6 is 11.3 Å². The topological polar surface area (TPSA) is 42.0 Å². The van der Waals surface area contributed by atoms with Crippen molar-refractivity contribution in [1.29, 1.82) is 0 Å². The molecule has 1 N–H and O–H groups in total. The van der Waals surface area contributed by atoms with Crippen LogP contribution in [0.3, 0.4) is 0 Å². The van der Waals surface area contributed by atoms with Crippen LogP contribution < -0.4 is 5.32 Å². The van der Waals surface area contributed by atoms with Crippen molar-refractivity contribution in [3.8, 4) is 10.4 Å². The van der Waals surface area contributed by atoms with E-state index < -0.39 is 11.7 Å². The number of carbonyl (C=O) groups excluding carboxylic acids is 1. The maximum atomic E-state index is 13.0. The number of hydrogen-bond donors (Lipinski definition) is 1. The highest BCUT2D eigenvalue weighted by Crippen LogP contribution is 2.41. The van der Waals surface area contributed by atoms with E-state index in [0.717, 1.165) is 17.4 Å². The molecule has 2 aromatic rings. The number of alkyl halides is 3. The number of nitrogens with one attached hydrogen (secondary N) is 1. The van der Waals surface area contributed by atoms with E-state index in [1.54, 1.807) is 13.0 Å². The van der Waals surface area contributed by atoms with Gasteiger partial charge in [0.1, 0.15) is 0 Å². The molecule has 106 valence electrons. The third-order valence-electron chi connectivity index (χ3n) is 2.56. The lowest BCUT2D eigenvalue weighted by Crippen LogP contribution is -2.06. The van der Waals surface area contributed by atoms with Crippen molar-refractivity contribution in [1.82, 2.24) is 4.98 Å². The predicted octanol–water partition coefficient (Wildman–Crippen LogP) is 4.10. The Bertz CT molecular complexity index is 649. The number of aryl methyl sites for hydroxylation is 1. The van der Waals surface area contributed by atoms with Gasteiger partial charge in [-0.05, 0) is 13.0 Å². The first kappa shape index (κ1) is 14.5. The monoisotopic (exact) mass is 300 g/mol. The number of rotatable bonds is 2. The van der Waals surface area contributed by atoms with Gasteiger partial charge in [0.15, 0.2) is 5.13 Å². The van der Waals surface area contributed by atoms with Crippen molar-refractivity contribution in [2.24, 2.45) is 0 Å². The molecule has 1 aromatic heterocycles. The summed E-state index contributed by atoms with van der Waals surface area (Å²) in [7, 11) is 0. The number of nitrogens with zero attached hydrogens (tertiary/aromatic N) is 1. The molecule has 1 aromatic carbocycles. The fourth-order valence-electron chi connectivity index (χ4n) is 1.78. The molecule has 0 saturated carbocycles. The van der Waals surface area contributed by atoms with Gasteiger partial charge in [0.05, 0.1) is 16.1 Å². The zero-order valence-corrected chi connectivity index (χ0v) is 11.5. The molecule has 0 saturated heterocycles. The molecular weight excluding hydrogens is 289 g/mol. The number of anilines is 1. The third-order valence-corrected chi connectivity index (χ3v) is 3.66. The Morgan fingerprint density at radius 2 is 1.95 bits per heavy atom. The van der Waals surface area contributed by atoms with Crippen LogP contribution in [-0.4, -0.2) is 10.9 Å². The molecule has 0 spiro atoms. The van der Waals surface area contributed by atoms with Crippen molar-refractivity contribution in [2.75, 3.05) is 5.32 Å². The van der Waals surface area contributed by atoms with E-state index in [0.29, 0.717) is 15.7 Å². The smallest absolute Gasteiger partial charge is 0.302 e. The highest BCUT2D eigenvalue weighted by molar-refractivity contribution is 7.19. The first-order valence-corrected chi connectivity index (χ1v) is 6.52. The lowest BCUT2D eigenvalue weighted by atomic mass is 10.0. The molecule has 0 fully saturated rings. The largest absolute Gasteiger partial charge is 0.417 e. The van der Waals surface area contributed by atoms with Crippen molar-refractivity contribution in [2.45, 2.75) is 20.0 Å². The van der Waals surface area contributed by atoms with Crippen molar-refractivity contribution >= 4 is 22.4 Å². The van der Waals surface area contributed by atoms with Crippen molar-refractivity contribution in [3.63, 3.8) is 0 Å². The molecule has 0 aliphatic rings. The lowest BCUT2D eigenvalue weighted by Gasteiger charge is -2.11. The zero-order chi connectivity index (χ0) is 14.9. The predicted molar refractivity (Wildman–Crippen MR) is 71.6 cm³/mol. The van der Waals surface area contributed by atoms with Crippen molar-refractivity contribution < 1.29 is 18.0 Å². The average Bonchev–Trinajstić information content (AvgIpc) is 2.68. The molecule has 7 heteroatoms. The van der Waals surface area contributed by atoms with E-state index in [-0.39, 0.29) is 11.5 Å². The van der Waals surface area contributed by atoms with Gasteiger partial charge in [-0.15, -0.1) is 0 Å². The number of thiazole rings is 1. The number of hydrogen-bond acceptors (Lipinski definition) is 3. The van der Waals surface area contributed by atoms with E-state index in [1.807, 2.05) is 0 Å². The molecule has 3 nitrogen and oxygen atoms in total. The summed E-state index contributed by atoms with van der Waals surface area (Å²) in [5, 5.41) is 2.77. The van der Waals surface area contributed by atoms with Crippen molar-refractivity contribution in [3.05, 3.63) is 35.5 Å². The normalized spacial score (nSPS) is 11.4. The van der Waals surface area contributed by atoms with Crippen LogP contribution in [0, 0.1) is 6.92 Å². The van der Waals surface area contributed by atoms with Crippen LogP contribution in [0.2, 0.25) is 0 Å². The van der Waals surface area contributed by atoms with E-state index >= 15 is 0 Å². The van der Waals surface area contributed by atoms with E-state index in [1.165, 1.54) is 19.1 Å². The van der Waals surface area contributed by atoms with Crippen LogP contribution in [-0.2, 0) is 11.0 Å². The summed E-state index contributed by atoms with van der Waals surface area (Å²) in [6, 6.07) is 5.33. The van der Waals surface area contributed by atoms with Crippen LogP contribution in [0.4, 0.5) is 18.3 Å². The molecule has 0 unspecified atom stereocenters. The average molecular weight is 300 g/mol. The van der Waals surface area contributed by atoms with Gasteiger partial charge >= 0.3 is 6.18 Å². The van der Waals surface area contributed by atoms with Crippen LogP contribution in [0.15, 0.2) is 24.3 Å². The first-order chi connectivity index (χ1) is 9.29. The minimum absolute atomic E-state index is 0.0756. The lowest BCUT2D eigenvalue weighted by molar-refractivity contribution is -0.137. The zero-order valence-electron chi connectivity index (χ0n) is 10.7. The maximum Gasteiger partial charge on any atom is 0.417 e. The summed E-state index contributed by atoms with van der Waals surface area (Å²) >= 11 is 1.03. The van der Waals surface area contributed by atoms with Crippen LogP contribution in [0.25, 0.3) is 10.4 Å². The Morgan fingerprint density at radius 1 is 1.30 bits per heavy atom. The Labute approximate surface area is 117 Å². The summed E-state index contributed by atoms with van der Waals surface area (Å²) in [6.45, 7) is 2.93. The van der Waals surface area contributed by atoms with Gasteiger partial charge in [-0.25, -0.2) is 4.98 Å². The van der Waals surface area contributed by atoms with E-state index in [4.69, 9.17) is 0 Å². The molecule has 20 heavy (non-hydrogen) atoms. The third kappa shape index (κ3) is 2.98. The van der Waals surface area contributed by atoms with Gasteiger partial charge in [0.2, 0.25) is 5.91 Å². The molecule has 0 atom stereocenters.